The first-order valence-electron chi connectivity index (χ1n) is 8.32. The molecule has 9 heteroatoms. The summed E-state index contributed by atoms with van der Waals surface area (Å²) in [5.74, 6) is 0. The molecular formula is C19H19BrClN3O3S. The van der Waals surface area contributed by atoms with Crippen molar-refractivity contribution in [1.29, 1.82) is 0 Å². The van der Waals surface area contributed by atoms with E-state index in [-0.39, 0.29) is 0 Å². The summed E-state index contributed by atoms with van der Waals surface area (Å²) in [7, 11) is 0. The maximum atomic E-state index is 8.36. The van der Waals surface area contributed by atoms with E-state index in [1.807, 2.05) is 42.6 Å². The van der Waals surface area contributed by atoms with E-state index in [0.29, 0.717) is 5.25 Å². The van der Waals surface area contributed by atoms with E-state index < -0.39 is 5.09 Å². The van der Waals surface area contributed by atoms with Gasteiger partial charge in [-0.3, -0.25) is 0 Å². The van der Waals surface area contributed by atoms with Crippen LogP contribution in [0.2, 0.25) is 5.02 Å². The number of hydrogen-bond donors (Lipinski definition) is 1. The van der Waals surface area contributed by atoms with E-state index in [1.54, 1.807) is 0 Å². The molecule has 1 heterocycles. The SMILES string of the molecule is Cc1cc(SC(CCn2ccnc2)c2ccc(Cl)cc2)ccc1Br.O=[N+]([O-])O. The molecule has 1 aromatic heterocycles. The van der Waals surface area contributed by atoms with Crippen LogP contribution < -0.4 is 0 Å². The van der Waals surface area contributed by atoms with Crippen molar-refractivity contribution in [3.63, 3.8) is 0 Å². The Morgan fingerprint density at radius 3 is 2.57 bits per heavy atom. The van der Waals surface area contributed by atoms with Crippen LogP contribution in [0.25, 0.3) is 0 Å². The van der Waals surface area contributed by atoms with Gasteiger partial charge in [0.15, 0.2) is 0 Å². The molecule has 1 unspecified atom stereocenters. The van der Waals surface area contributed by atoms with Crippen LogP contribution in [0.15, 0.2) is 70.6 Å². The van der Waals surface area contributed by atoms with Crippen LogP contribution in [0, 0.1) is 17.0 Å². The Kier molecular flexibility index (Phi) is 8.82. The number of nitrogens with zero attached hydrogens (tertiary/aromatic N) is 3. The largest absolute Gasteiger partial charge is 0.337 e. The van der Waals surface area contributed by atoms with E-state index in [2.05, 4.69) is 62.7 Å². The minimum Gasteiger partial charge on any atom is -0.337 e. The second-order valence-corrected chi connectivity index (χ2v) is 8.46. The number of benzene rings is 2. The number of hydrogen-bond acceptors (Lipinski definition) is 4. The lowest BCUT2D eigenvalue weighted by Crippen LogP contribution is -2.01. The third-order valence-corrected chi connectivity index (χ3v) is 6.32. The molecule has 0 bridgehead atoms. The van der Waals surface area contributed by atoms with Gasteiger partial charge in [-0.2, -0.15) is 0 Å². The summed E-state index contributed by atoms with van der Waals surface area (Å²) in [6.07, 6.45) is 6.72. The summed E-state index contributed by atoms with van der Waals surface area (Å²) < 4.78 is 3.27. The fourth-order valence-electron chi connectivity index (χ4n) is 2.51. The average Bonchev–Trinajstić information content (AvgIpc) is 3.15. The zero-order chi connectivity index (χ0) is 20.5. The van der Waals surface area contributed by atoms with Gasteiger partial charge in [0.1, 0.15) is 0 Å². The number of thioether (sulfide) groups is 1. The van der Waals surface area contributed by atoms with Gasteiger partial charge in [-0.1, -0.05) is 39.7 Å². The van der Waals surface area contributed by atoms with Crippen LogP contribution in [0.3, 0.4) is 0 Å². The van der Waals surface area contributed by atoms with Crippen LogP contribution in [0.4, 0.5) is 0 Å². The monoisotopic (exact) mass is 483 g/mol. The Balaban J connectivity index is 0.000000640. The molecule has 0 saturated heterocycles. The number of rotatable bonds is 6. The number of halogens is 2. The summed E-state index contributed by atoms with van der Waals surface area (Å²) in [4.78, 5) is 13.8. The summed E-state index contributed by atoms with van der Waals surface area (Å²) in [6, 6.07) is 14.7. The molecule has 28 heavy (non-hydrogen) atoms. The summed E-state index contributed by atoms with van der Waals surface area (Å²) in [6.45, 7) is 3.06. The van der Waals surface area contributed by atoms with Gasteiger partial charge in [0, 0.05) is 38.6 Å². The Morgan fingerprint density at radius 2 is 2.00 bits per heavy atom. The first kappa shape index (κ1) is 22.3. The fourth-order valence-corrected chi connectivity index (χ4v) is 4.12. The van der Waals surface area contributed by atoms with E-state index in [1.165, 1.54) is 16.0 Å². The van der Waals surface area contributed by atoms with Crippen LogP contribution in [-0.4, -0.2) is 19.8 Å². The van der Waals surface area contributed by atoms with Crippen LogP contribution in [0.5, 0.6) is 0 Å². The number of imidazole rings is 1. The van der Waals surface area contributed by atoms with Gasteiger partial charge in [-0.15, -0.1) is 21.9 Å². The topological polar surface area (TPSA) is 81.2 Å². The average molecular weight is 485 g/mol. The second-order valence-electron chi connectivity index (χ2n) is 5.90. The van der Waals surface area contributed by atoms with E-state index in [0.717, 1.165) is 22.5 Å². The third-order valence-electron chi connectivity index (χ3n) is 3.86. The van der Waals surface area contributed by atoms with Gasteiger partial charge in [0.05, 0.1) is 6.33 Å². The predicted molar refractivity (Wildman–Crippen MR) is 115 cm³/mol. The molecule has 0 aliphatic carbocycles. The molecule has 6 nitrogen and oxygen atoms in total. The van der Waals surface area contributed by atoms with Crippen molar-refractivity contribution < 1.29 is 10.3 Å². The van der Waals surface area contributed by atoms with Gasteiger partial charge in [0.2, 0.25) is 0 Å². The minimum absolute atomic E-state index is 0.366. The molecule has 0 fully saturated rings. The maximum Gasteiger partial charge on any atom is 0.291 e. The van der Waals surface area contributed by atoms with Crippen molar-refractivity contribution in [3.05, 3.63) is 91.9 Å². The Hall–Kier alpha value is -2.03. The Morgan fingerprint density at radius 1 is 1.32 bits per heavy atom. The zero-order valence-corrected chi connectivity index (χ0v) is 18.2. The molecule has 2 aromatic carbocycles. The van der Waals surface area contributed by atoms with Crippen molar-refractivity contribution >= 4 is 39.3 Å². The highest BCUT2D eigenvalue weighted by Gasteiger charge is 2.14. The van der Waals surface area contributed by atoms with E-state index >= 15 is 0 Å². The van der Waals surface area contributed by atoms with Crippen LogP contribution in [0.1, 0.15) is 22.8 Å². The van der Waals surface area contributed by atoms with Crippen molar-refractivity contribution in [3.8, 4) is 0 Å². The quantitative estimate of drug-likeness (QED) is 0.256. The molecule has 0 saturated carbocycles. The summed E-state index contributed by atoms with van der Waals surface area (Å²) in [5.41, 5.74) is 2.55. The maximum absolute atomic E-state index is 8.36. The molecule has 0 aliphatic rings. The van der Waals surface area contributed by atoms with Crippen LogP contribution in [-0.2, 0) is 6.54 Å². The standard InChI is InChI=1S/C19H18BrClN2S.HNO3/c1-14-12-17(6-7-18(14)20)24-19(8-10-23-11-9-22-13-23)15-2-4-16(21)5-3-15;2-1(3)4/h2-7,9,11-13,19H,8,10H2,1H3;(H,2,3,4). The molecule has 1 atom stereocenters. The molecule has 0 spiro atoms. The van der Waals surface area contributed by atoms with Gasteiger partial charge < -0.3 is 9.77 Å². The van der Waals surface area contributed by atoms with Crippen molar-refractivity contribution in [1.82, 2.24) is 9.55 Å². The van der Waals surface area contributed by atoms with Gasteiger partial charge in [-0.05, 0) is 54.8 Å². The molecule has 0 amide bonds. The first-order valence-corrected chi connectivity index (χ1v) is 10.4. The number of aryl methyl sites for hydroxylation is 2. The van der Waals surface area contributed by atoms with E-state index in [9.17, 15) is 0 Å². The van der Waals surface area contributed by atoms with Gasteiger partial charge in [-0.25, -0.2) is 4.98 Å². The molecular weight excluding hydrogens is 466 g/mol. The molecule has 3 rings (SSSR count). The first-order chi connectivity index (χ1) is 13.3. The van der Waals surface area contributed by atoms with Crippen molar-refractivity contribution in [2.75, 3.05) is 0 Å². The molecule has 0 radical (unpaired) electrons. The molecule has 148 valence electrons. The van der Waals surface area contributed by atoms with Crippen molar-refractivity contribution in [2.24, 2.45) is 0 Å². The highest BCUT2D eigenvalue weighted by molar-refractivity contribution is 9.10. The van der Waals surface area contributed by atoms with Crippen LogP contribution >= 0.6 is 39.3 Å². The second kappa shape index (κ2) is 11.1. The highest BCUT2D eigenvalue weighted by atomic mass is 79.9. The normalized spacial score (nSPS) is 11.4. The Bertz CT molecular complexity index is 888. The lowest BCUT2D eigenvalue weighted by Gasteiger charge is -2.18. The molecule has 1 N–H and O–H groups in total. The Labute approximate surface area is 180 Å². The number of aromatic nitrogens is 2. The highest BCUT2D eigenvalue weighted by Crippen LogP contribution is 2.39. The summed E-state index contributed by atoms with van der Waals surface area (Å²) >= 11 is 11.5. The zero-order valence-electron chi connectivity index (χ0n) is 15.0. The van der Waals surface area contributed by atoms with Crippen molar-refractivity contribution in [2.45, 2.75) is 30.0 Å². The van der Waals surface area contributed by atoms with Gasteiger partial charge >= 0.3 is 0 Å². The molecule has 3 aromatic rings. The lowest BCUT2D eigenvalue weighted by atomic mass is 10.1. The lowest BCUT2D eigenvalue weighted by molar-refractivity contribution is -0.742. The molecule has 0 aliphatic heterocycles. The van der Waals surface area contributed by atoms with E-state index in [4.69, 9.17) is 26.9 Å². The minimum atomic E-state index is -1.50. The van der Waals surface area contributed by atoms with Gasteiger partial charge in [0.25, 0.3) is 5.09 Å². The predicted octanol–water partition coefficient (Wildman–Crippen LogP) is 6.18. The third kappa shape index (κ3) is 7.53. The summed E-state index contributed by atoms with van der Waals surface area (Å²) in [5, 5.41) is 14.8. The smallest absolute Gasteiger partial charge is 0.291 e. The fraction of sp³-hybridized carbons (Fsp3) is 0.211.